The normalized spacial score (nSPS) is 10.1. The van der Waals surface area contributed by atoms with E-state index < -0.39 is 0 Å². The van der Waals surface area contributed by atoms with Crippen LogP contribution in [-0.2, 0) is 0 Å². The van der Waals surface area contributed by atoms with Crippen molar-refractivity contribution in [2.24, 2.45) is 0 Å². The van der Waals surface area contributed by atoms with Gasteiger partial charge in [0, 0.05) is 11.8 Å². The van der Waals surface area contributed by atoms with E-state index >= 15 is 0 Å². The minimum Gasteiger partial charge on any atom is -0.494 e. The molecule has 1 aromatic heterocycles. The van der Waals surface area contributed by atoms with Gasteiger partial charge in [0.05, 0.1) is 6.61 Å². The lowest BCUT2D eigenvalue weighted by Gasteiger charge is -2.10. The third-order valence-electron chi connectivity index (χ3n) is 3.27. The van der Waals surface area contributed by atoms with Gasteiger partial charge in [0.15, 0.2) is 5.11 Å². The molecule has 126 valence electrons. The lowest BCUT2D eigenvalue weighted by molar-refractivity contribution is 0.0977. The van der Waals surface area contributed by atoms with Crippen molar-refractivity contribution in [2.45, 2.75) is 26.7 Å². The molecule has 2 aromatic rings. The predicted octanol–water partition coefficient (Wildman–Crippen LogP) is 3.70. The Balaban J connectivity index is 1.88. The van der Waals surface area contributed by atoms with Gasteiger partial charge < -0.3 is 10.1 Å². The number of carbonyl (C=O) groups is 1. The Morgan fingerprint density at radius 1 is 1.25 bits per heavy atom. The zero-order valence-electron chi connectivity index (χ0n) is 13.8. The van der Waals surface area contributed by atoms with Crippen molar-refractivity contribution in [3.8, 4) is 5.75 Å². The lowest BCUT2D eigenvalue weighted by atomic mass is 10.2. The van der Waals surface area contributed by atoms with Crippen LogP contribution in [0.1, 0.15) is 35.7 Å². The Bertz CT molecular complexity index is 702. The summed E-state index contributed by atoms with van der Waals surface area (Å²) in [6, 6.07) is 10.7. The van der Waals surface area contributed by atoms with Crippen molar-refractivity contribution in [3.05, 3.63) is 53.7 Å². The molecule has 0 spiro atoms. The van der Waals surface area contributed by atoms with Crippen LogP contribution in [0.25, 0.3) is 0 Å². The molecule has 1 aromatic carbocycles. The maximum Gasteiger partial charge on any atom is 0.257 e. The first kappa shape index (κ1) is 17.9. The summed E-state index contributed by atoms with van der Waals surface area (Å²) in [5, 5.41) is 5.74. The van der Waals surface area contributed by atoms with Crippen molar-refractivity contribution >= 4 is 29.1 Å². The molecule has 2 N–H and O–H groups in total. The number of hydrogen-bond acceptors (Lipinski definition) is 4. The highest BCUT2D eigenvalue weighted by molar-refractivity contribution is 7.80. The summed E-state index contributed by atoms with van der Waals surface area (Å²) in [5.74, 6) is 1.07. The van der Waals surface area contributed by atoms with Crippen molar-refractivity contribution in [3.63, 3.8) is 0 Å². The van der Waals surface area contributed by atoms with E-state index in [2.05, 4.69) is 22.5 Å². The summed E-state index contributed by atoms with van der Waals surface area (Å²) < 4.78 is 5.57. The van der Waals surface area contributed by atoms with Gasteiger partial charge in [0.1, 0.15) is 11.6 Å². The number of anilines is 1. The quantitative estimate of drug-likeness (QED) is 0.618. The number of benzene rings is 1. The van der Waals surface area contributed by atoms with Crippen LogP contribution in [0.3, 0.4) is 0 Å². The fraction of sp³-hybridized carbons (Fsp3) is 0.278. The first-order chi connectivity index (χ1) is 11.6. The van der Waals surface area contributed by atoms with E-state index in [1.807, 2.05) is 19.1 Å². The molecule has 0 aliphatic heterocycles. The van der Waals surface area contributed by atoms with E-state index in [1.54, 1.807) is 30.5 Å². The molecular weight excluding hydrogens is 322 g/mol. The van der Waals surface area contributed by atoms with E-state index in [-0.39, 0.29) is 11.0 Å². The molecule has 24 heavy (non-hydrogen) atoms. The summed E-state index contributed by atoms with van der Waals surface area (Å²) in [6.07, 6.45) is 3.77. The van der Waals surface area contributed by atoms with Gasteiger partial charge in [-0.05, 0) is 67.5 Å². The molecule has 0 radical (unpaired) electrons. The van der Waals surface area contributed by atoms with Gasteiger partial charge in [0.25, 0.3) is 5.91 Å². The fourth-order valence-corrected chi connectivity index (χ4v) is 2.16. The van der Waals surface area contributed by atoms with Gasteiger partial charge in [-0.2, -0.15) is 0 Å². The van der Waals surface area contributed by atoms with Gasteiger partial charge >= 0.3 is 0 Å². The first-order valence-electron chi connectivity index (χ1n) is 7.86. The van der Waals surface area contributed by atoms with Crippen LogP contribution in [0.5, 0.6) is 5.75 Å². The second kappa shape index (κ2) is 8.98. The molecule has 0 fully saturated rings. The number of nitrogens with zero attached hydrogens (tertiary/aromatic N) is 1. The Morgan fingerprint density at radius 3 is 2.67 bits per heavy atom. The van der Waals surface area contributed by atoms with Gasteiger partial charge in [-0.1, -0.05) is 13.3 Å². The minimum atomic E-state index is -0.278. The molecule has 1 heterocycles. The Hall–Kier alpha value is -2.47. The van der Waals surface area contributed by atoms with Crippen molar-refractivity contribution in [2.75, 3.05) is 11.9 Å². The number of amides is 1. The summed E-state index contributed by atoms with van der Waals surface area (Å²) >= 11 is 5.14. The molecule has 0 aliphatic rings. The zero-order valence-corrected chi connectivity index (χ0v) is 14.7. The average Bonchev–Trinajstić information content (AvgIpc) is 2.55. The number of carbonyl (C=O) groups excluding carboxylic acids is 1. The fourth-order valence-electron chi connectivity index (χ4n) is 1.96. The van der Waals surface area contributed by atoms with Gasteiger partial charge in [-0.3, -0.25) is 10.1 Å². The second-order valence-corrected chi connectivity index (χ2v) is 5.76. The first-order valence-corrected chi connectivity index (χ1v) is 8.27. The summed E-state index contributed by atoms with van der Waals surface area (Å²) in [7, 11) is 0. The smallest absolute Gasteiger partial charge is 0.257 e. The van der Waals surface area contributed by atoms with Crippen molar-refractivity contribution < 1.29 is 9.53 Å². The summed E-state index contributed by atoms with van der Waals surface area (Å²) in [6.45, 7) is 4.75. The number of aryl methyl sites for hydroxylation is 1. The largest absolute Gasteiger partial charge is 0.494 e. The number of nitrogens with one attached hydrogen (secondary N) is 2. The molecule has 2 rings (SSSR count). The number of ether oxygens (including phenoxy) is 1. The van der Waals surface area contributed by atoms with Crippen molar-refractivity contribution in [1.82, 2.24) is 10.3 Å². The maximum absolute atomic E-state index is 12.2. The van der Waals surface area contributed by atoms with E-state index in [0.29, 0.717) is 18.0 Å². The highest BCUT2D eigenvalue weighted by atomic mass is 32.1. The third-order valence-corrected chi connectivity index (χ3v) is 3.47. The molecule has 1 amide bonds. The molecule has 0 bridgehead atoms. The van der Waals surface area contributed by atoms with Crippen LogP contribution in [0.15, 0.2) is 42.6 Å². The van der Waals surface area contributed by atoms with E-state index in [0.717, 1.165) is 24.2 Å². The highest BCUT2D eigenvalue weighted by Gasteiger charge is 2.08. The SMILES string of the molecule is CCCCOc1ccc(C(=O)NC(=S)Nc2cc(C)ccn2)cc1. The van der Waals surface area contributed by atoms with Crippen LogP contribution >= 0.6 is 12.2 Å². The minimum absolute atomic E-state index is 0.210. The molecule has 0 unspecified atom stereocenters. The van der Waals surface area contributed by atoms with E-state index in [4.69, 9.17) is 17.0 Å². The maximum atomic E-state index is 12.2. The van der Waals surface area contributed by atoms with Gasteiger partial charge in [-0.15, -0.1) is 0 Å². The van der Waals surface area contributed by atoms with Crippen LogP contribution < -0.4 is 15.4 Å². The van der Waals surface area contributed by atoms with Crippen LogP contribution in [0, 0.1) is 6.92 Å². The molecule has 6 heteroatoms. The number of unbranched alkanes of at least 4 members (excludes halogenated alkanes) is 1. The standard InChI is InChI=1S/C18H21N3O2S/c1-3-4-11-23-15-7-5-14(6-8-15)17(22)21-18(24)20-16-12-13(2)9-10-19-16/h5-10,12H,3-4,11H2,1-2H3,(H2,19,20,21,22,24). The van der Waals surface area contributed by atoms with Crippen LogP contribution in [0.4, 0.5) is 5.82 Å². The number of rotatable bonds is 6. The number of aromatic nitrogens is 1. The number of thiocarbonyl (C=S) groups is 1. The van der Waals surface area contributed by atoms with E-state index in [1.165, 1.54) is 0 Å². The van der Waals surface area contributed by atoms with Crippen LogP contribution in [0.2, 0.25) is 0 Å². The second-order valence-electron chi connectivity index (χ2n) is 5.35. The molecule has 0 saturated carbocycles. The van der Waals surface area contributed by atoms with Gasteiger partial charge in [0.2, 0.25) is 0 Å². The zero-order chi connectivity index (χ0) is 17.4. The summed E-state index contributed by atoms with van der Waals surface area (Å²) in [4.78, 5) is 16.3. The molecule has 5 nitrogen and oxygen atoms in total. The topological polar surface area (TPSA) is 63.2 Å². The third kappa shape index (κ3) is 5.62. The highest BCUT2D eigenvalue weighted by Crippen LogP contribution is 2.13. The Kier molecular flexibility index (Phi) is 6.69. The monoisotopic (exact) mass is 343 g/mol. The molecule has 0 saturated heterocycles. The predicted molar refractivity (Wildman–Crippen MR) is 99.5 cm³/mol. The lowest BCUT2D eigenvalue weighted by Crippen LogP contribution is -2.34. The molecule has 0 atom stereocenters. The van der Waals surface area contributed by atoms with Crippen LogP contribution in [-0.4, -0.2) is 22.6 Å². The van der Waals surface area contributed by atoms with Gasteiger partial charge in [-0.25, -0.2) is 4.98 Å². The molecular formula is C18H21N3O2S. The van der Waals surface area contributed by atoms with Crippen molar-refractivity contribution in [1.29, 1.82) is 0 Å². The molecule has 0 aliphatic carbocycles. The van der Waals surface area contributed by atoms with E-state index in [9.17, 15) is 4.79 Å². The number of pyridine rings is 1. The average molecular weight is 343 g/mol. The Labute approximate surface area is 147 Å². The Morgan fingerprint density at radius 2 is 2.00 bits per heavy atom. The number of hydrogen-bond donors (Lipinski definition) is 2. The summed E-state index contributed by atoms with van der Waals surface area (Å²) in [5.41, 5.74) is 1.57.